The molecule has 11 heavy (non-hydrogen) atoms. The Hall–Kier alpha value is -1.10. The predicted molar refractivity (Wildman–Crippen MR) is 42.3 cm³/mol. The van der Waals surface area contributed by atoms with Gasteiger partial charge in [0.2, 0.25) is 0 Å². The molecular formula is C6H7N3OS. The highest BCUT2D eigenvalue weighted by atomic mass is 32.2. The lowest BCUT2D eigenvalue weighted by Crippen LogP contribution is -2.14. The Morgan fingerprint density at radius 1 is 1.73 bits per heavy atom. The number of carbonyl (C=O) groups is 1. The van der Waals surface area contributed by atoms with E-state index in [0.717, 1.165) is 0 Å². The molecule has 4 nitrogen and oxygen atoms in total. The second-order valence-electron chi connectivity index (χ2n) is 1.80. The van der Waals surface area contributed by atoms with Gasteiger partial charge in [-0.25, -0.2) is 9.97 Å². The molecule has 0 saturated carbocycles. The lowest BCUT2D eigenvalue weighted by Gasteiger charge is -1.98. The summed E-state index contributed by atoms with van der Waals surface area (Å²) in [6, 6.07) is 0. The fraction of sp³-hybridized carbons (Fsp3) is 0.167. The van der Waals surface area contributed by atoms with E-state index in [-0.39, 0.29) is 5.69 Å². The highest BCUT2D eigenvalue weighted by molar-refractivity contribution is 7.98. The van der Waals surface area contributed by atoms with Crippen LogP contribution in [-0.4, -0.2) is 22.1 Å². The zero-order chi connectivity index (χ0) is 8.27. The first-order valence-electron chi connectivity index (χ1n) is 2.89. The maximum absolute atomic E-state index is 10.7. The highest BCUT2D eigenvalue weighted by Crippen LogP contribution is 2.15. The minimum atomic E-state index is -0.517. The van der Waals surface area contributed by atoms with Gasteiger partial charge in [0.15, 0.2) is 0 Å². The number of hydrogen-bond donors (Lipinski definition) is 1. The van der Waals surface area contributed by atoms with Gasteiger partial charge in [-0.05, 0) is 6.26 Å². The molecule has 1 rings (SSSR count). The molecule has 5 heteroatoms. The van der Waals surface area contributed by atoms with E-state index in [1.807, 2.05) is 6.26 Å². The summed E-state index contributed by atoms with van der Waals surface area (Å²) >= 11 is 1.40. The Morgan fingerprint density at radius 3 is 2.91 bits per heavy atom. The fourth-order valence-electron chi connectivity index (χ4n) is 0.651. The second-order valence-corrected chi connectivity index (χ2v) is 2.65. The first-order valence-corrected chi connectivity index (χ1v) is 4.12. The molecule has 0 aliphatic carbocycles. The zero-order valence-electron chi connectivity index (χ0n) is 5.94. The van der Waals surface area contributed by atoms with Crippen molar-refractivity contribution in [3.63, 3.8) is 0 Å². The molecule has 0 fully saturated rings. The maximum Gasteiger partial charge on any atom is 0.268 e. The van der Waals surface area contributed by atoms with E-state index in [2.05, 4.69) is 9.97 Å². The Labute approximate surface area is 68.2 Å². The molecule has 0 bridgehead atoms. The minimum Gasteiger partial charge on any atom is -0.364 e. The van der Waals surface area contributed by atoms with E-state index in [4.69, 9.17) is 5.73 Å². The summed E-state index contributed by atoms with van der Waals surface area (Å²) in [7, 11) is 0. The summed E-state index contributed by atoms with van der Waals surface area (Å²) in [5.41, 5.74) is 5.33. The lowest BCUT2D eigenvalue weighted by atomic mass is 10.4. The Kier molecular flexibility index (Phi) is 2.43. The molecule has 0 aliphatic heterocycles. The molecule has 2 N–H and O–H groups in total. The number of rotatable bonds is 2. The summed E-state index contributed by atoms with van der Waals surface area (Å²) < 4.78 is 0. The molecule has 58 valence electrons. The van der Waals surface area contributed by atoms with Gasteiger partial charge in [-0.1, -0.05) is 0 Å². The van der Waals surface area contributed by atoms with E-state index >= 15 is 0 Å². The van der Waals surface area contributed by atoms with Crippen LogP contribution in [0.3, 0.4) is 0 Å². The molecule has 1 amide bonds. The summed E-state index contributed by atoms with van der Waals surface area (Å²) in [6.45, 7) is 0. The van der Waals surface area contributed by atoms with Gasteiger partial charge >= 0.3 is 0 Å². The van der Waals surface area contributed by atoms with Gasteiger partial charge in [-0.2, -0.15) is 0 Å². The van der Waals surface area contributed by atoms with Crippen LogP contribution in [0.15, 0.2) is 17.4 Å². The number of thioether (sulfide) groups is 1. The number of carbonyl (C=O) groups excluding carboxylic acids is 1. The van der Waals surface area contributed by atoms with Gasteiger partial charge in [0.1, 0.15) is 12.0 Å². The SMILES string of the molecule is CSc1cncnc1C(N)=O. The van der Waals surface area contributed by atoms with Crippen molar-refractivity contribution in [3.05, 3.63) is 18.2 Å². The molecule has 0 aromatic carbocycles. The van der Waals surface area contributed by atoms with Crippen molar-refractivity contribution in [2.24, 2.45) is 5.73 Å². The second kappa shape index (κ2) is 3.34. The van der Waals surface area contributed by atoms with Crippen LogP contribution in [0.2, 0.25) is 0 Å². The van der Waals surface area contributed by atoms with E-state index in [1.54, 1.807) is 6.20 Å². The molecule has 0 atom stereocenters. The number of nitrogens with two attached hydrogens (primary N) is 1. The van der Waals surface area contributed by atoms with Crippen LogP contribution < -0.4 is 5.73 Å². The molecule has 0 radical (unpaired) electrons. The minimum absolute atomic E-state index is 0.285. The lowest BCUT2D eigenvalue weighted by molar-refractivity contribution is 0.0992. The van der Waals surface area contributed by atoms with Gasteiger partial charge in [-0.15, -0.1) is 11.8 Å². The predicted octanol–water partition coefficient (Wildman–Crippen LogP) is 0.297. The number of nitrogens with zero attached hydrogens (tertiary/aromatic N) is 2. The van der Waals surface area contributed by atoms with E-state index in [1.165, 1.54) is 18.1 Å². The van der Waals surface area contributed by atoms with Crippen LogP contribution in [-0.2, 0) is 0 Å². The number of primary amides is 1. The standard InChI is InChI=1S/C6H7N3OS/c1-11-4-2-8-3-9-5(4)6(7)10/h2-3H,1H3,(H2,7,10). The molecule has 0 spiro atoms. The van der Waals surface area contributed by atoms with E-state index in [0.29, 0.717) is 4.90 Å². The highest BCUT2D eigenvalue weighted by Gasteiger charge is 2.07. The monoisotopic (exact) mass is 169 g/mol. The van der Waals surface area contributed by atoms with Crippen LogP contribution in [0.5, 0.6) is 0 Å². The van der Waals surface area contributed by atoms with Crippen LogP contribution >= 0.6 is 11.8 Å². The van der Waals surface area contributed by atoms with Gasteiger partial charge in [0.25, 0.3) is 5.91 Å². The molecule has 0 unspecified atom stereocenters. The van der Waals surface area contributed by atoms with Crippen molar-refractivity contribution in [3.8, 4) is 0 Å². The van der Waals surface area contributed by atoms with Crippen LogP contribution in [0.4, 0.5) is 0 Å². The zero-order valence-corrected chi connectivity index (χ0v) is 6.76. The smallest absolute Gasteiger partial charge is 0.268 e. The van der Waals surface area contributed by atoms with Crippen molar-refractivity contribution in [2.75, 3.05) is 6.26 Å². The quantitative estimate of drug-likeness (QED) is 0.646. The first kappa shape index (κ1) is 8.00. The average molecular weight is 169 g/mol. The first-order chi connectivity index (χ1) is 5.25. The maximum atomic E-state index is 10.7. The molecule has 1 aromatic rings. The van der Waals surface area contributed by atoms with Crippen LogP contribution in [0, 0.1) is 0 Å². The van der Waals surface area contributed by atoms with Crippen molar-refractivity contribution in [2.45, 2.75) is 4.90 Å². The molecule has 0 aliphatic rings. The molecule has 1 aromatic heterocycles. The van der Waals surface area contributed by atoms with Gasteiger partial charge in [-0.3, -0.25) is 4.79 Å². The summed E-state index contributed by atoms with van der Waals surface area (Å²) in [4.78, 5) is 18.9. The van der Waals surface area contributed by atoms with Crippen molar-refractivity contribution >= 4 is 17.7 Å². The van der Waals surface area contributed by atoms with E-state index in [9.17, 15) is 4.79 Å². The molecular weight excluding hydrogens is 162 g/mol. The topological polar surface area (TPSA) is 68.9 Å². The molecule has 1 heterocycles. The van der Waals surface area contributed by atoms with Crippen molar-refractivity contribution < 1.29 is 4.79 Å². The van der Waals surface area contributed by atoms with Gasteiger partial charge in [0, 0.05) is 6.20 Å². The normalized spacial score (nSPS) is 9.55. The fourth-order valence-corrected chi connectivity index (χ4v) is 1.16. The van der Waals surface area contributed by atoms with Crippen molar-refractivity contribution in [1.82, 2.24) is 9.97 Å². The third kappa shape index (κ3) is 1.68. The van der Waals surface area contributed by atoms with E-state index < -0.39 is 5.91 Å². The van der Waals surface area contributed by atoms with Crippen LogP contribution in [0.25, 0.3) is 0 Å². The summed E-state index contributed by atoms with van der Waals surface area (Å²) in [5.74, 6) is -0.517. The number of amides is 1. The Bertz CT molecular complexity index is 276. The number of aromatic nitrogens is 2. The molecule has 0 saturated heterocycles. The largest absolute Gasteiger partial charge is 0.364 e. The van der Waals surface area contributed by atoms with Gasteiger partial charge < -0.3 is 5.73 Å². The Morgan fingerprint density at radius 2 is 2.45 bits per heavy atom. The number of hydrogen-bond acceptors (Lipinski definition) is 4. The van der Waals surface area contributed by atoms with Gasteiger partial charge in [0.05, 0.1) is 4.90 Å². The summed E-state index contributed by atoms with van der Waals surface area (Å²) in [6.07, 6.45) is 4.71. The van der Waals surface area contributed by atoms with Crippen LogP contribution in [0.1, 0.15) is 10.5 Å². The average Bonchev–Trinajstić information content (AvgIpc) is 2.04. The third-order valence-electron chi connectivity index (χ3n) is 1.13. The summed E-state index contributed by atoms with van der Waals surface area (Å²) in [5, 5.41) is 0. The Balaban J connectivity index is 3.12. The third-order valence-corrected chi connectivity index (χ3v) is 1.87. The van der Waals surface area contributed by atoms with Crippen molar-refractivity contribution in [1.29, 1.82) is 0 Å².